The molecule has 1 atom stereocenters. The fraction of sp³-hybridized carbons (Fsp3) is 0.143. The quantitative estimate of drug-likeness (QED) is 0.292. The van der Waals surface area contributed by atoms with Gasteiger partial charge in [0.2, 0.25) is 0 Å². The van der Waals surface area contributed by atoms with Gasteiger partial charge < -0.3 is 10.1 Å². The monoisotopic (exact) mass is 427 g/mol. The fourth-order valence-corrected chi connectivity index (χ4v) is 3.90. The van der Waals surface area contributed by atoms with Crippen molar-refractivity contribution in [2.24, 2.45) is 0 Å². The van der Waals surface area contributed by atoms with Gasteiger partial charge in [0, 0.05) is 17.3 Å². The molecule has 4 aromatic rings. The Bertz CT molecular complexity index is 1060. The van der Waals surface area contributed by atoms with Gasteiger partial charge >= 0.3 is 0 Å². The maximum atomic E-state index is 6.11. The summed E-state index contributed by atoms with van der Waals surface area (Å²) in [6.07, 6.45) is 2.01. The molecule has 0 bridgehead atoms. The molecule has 0 aliphatic heterocycles. The number of hydrogen-bond donors (Lipinski definition) is 1. The first-order valence-electron chi connectivity index (χ1n) is 10.6. The Hall–Kier alpha value is -3.23. The zero-order valence-corrected chi connectivity index (χ0v) is 18.1. The smallest absolute Gasteiger partial charge is 0.127 e. The molecule has 31 heavy (non-hydrogen) atoms. The van der Waals surface area contributed by atoms with Crippen molar-refractivity contribution in [2.75, 3.05) is 11.9 Å². The van der Waals surface area contributed by atoms with Gasteiger partial charge in [0.05, 0.1) is 0 Å². The van der Waals surface area contributed by atoms with Crippen LogP contribution in [0, 0.1) is 0 Å². The number of ether oxygens (including phenoxy) is 1. The molecule has 2 nitrogen and oxygen atoms in total. The van der Waals surface area contributed by atoms with Gasteiger partial charge in [0.1, 0.15) is 11.5 Å². The lowest BCUT2D eigenvalue weighted by atomic mass is 9.89. The molecule has 3 heteroatoms. The molecule has 0 aliphatic rings. The summed E-state index contributed by atoms with van der Waals surface area (Å²) in [5, 5.41) is 4.26. The van der Waals surface area contributed by atoms with Crippen molar-refractivity contribution in [3.05, 3.63) is 125 Å². The highest BCUT2D eigenvalue weighted by Gasteiger charge is 2.13. The average Bonchev–Trinajstić information content (AvgIpc) is 2.80. The molecule has 156 valence electrons. The lowest BCUT2D eigenvalue weighted by Crippen LogP contribution is -2.10. The summed E-state index contributed by atoms with van der Waals surface area (Å²) in [4.78, 5) is 0. The Balaban J connectivity index is 1.45. The molecule has 0 radical (unpaired) electrons. The van der Waals surface area contributed by atoms with Crippen LogP contribution in [0.4, 0.5) is 5.69 Å². The van der Waals surface area contributed by atoms with E-state index in [2.05, 4.69) is 59.9 Å². The third kappa shape index (κ3) is 6.37. The van der Waals surface area contributed by atoms with Crippen LogP contribution in [-0.4, -0.2) is 6.54 Å². The van der Waals surface area contributed by atoms with Crippen LogP contribution in [0.1, 0.15) is 23.5 Å². The molecule has 0 spiro atoms. The van der Waals surface area contributed by atoms with E-state index in [4.69, 9.17) is 16.3 Å². The number of rotatable bonds is 9. The molecule has 4 aromatic carbocycles. The molecule has 0 saturated carbocycles. The van der Waals surface area contributed by atoms with Crippen LogP contribution < -0.4 is 10.1 Å². The average molecular weight is 428 g/mol. The largest absolute Gasteiger partial charge is 0.457 e. The molecule has 0 aromatic heterocycles. The number of para-hydroxylation sites is 1. The van der Waals surface area contributed by atoms with Crippen LogP contribution in [0.15, 0.2) is 109 Å². The number of halogens is 1. The van der Waals surface area contributed by atoms with E-state index in [0.717, 1.165) is 41.6 Å². The van der Waals surface area contributed by atoms with Gasteiger partial charge in [-0.1, -0.05) is 78.3 Å². The minimum atomic E-state index is 0.403. The summed E-state index contributed by atoms with van der Waals surface area (Å²) in [6, 6.07) is 36.9. The number of benzene rings is 4. The summed E-state index contributed by atoms with van der Waals surface area (Å²) in [5.74, 6) is 2.10. The van der Waals surface area contributed by atoms with Gasteiger partial charge in [0.15, 0.2) is 0 Å². The van der Waals surface area contributed by atoms with Crippen LogP contribution in [0.2, 0.25) is 5.02 Å². The summed E-state index contributed by atoms with van der Waals surface area (Å²) in [5.41, 5.74) is 3.72. The maximum Gasteiger partial charge on any atom is 0.127 e. The lowest BCUT2D eigenvalue weighted by Gasteiger charge is -2.19. The SMILES string of the molecule is Clc1cccc(NCCC(Cc2ccccc2)c2ccc(Oc3ccccc3)cc2)c1. The van der Waals surface area contributed by atoms with Crippen LogP contribution in [0.25, 0.3) is 0 Å². The molecule has 0 fully saturated rings. The standard InChI is InChI=1S/C28H26ClNO/c29-25-10-7-11-26(21-25)30-19-18-24(20-22-8-3-1-4-9-22)23-14-16-28(17-15-23)31-27-12-5-2-6-13-27/h1-17,21,24,30H,18-20H2. The van der Waals surface area contributed by atoms with E-state index in [-0.39, 0.29) is 0 Å². The van der Waals surface area contributed by atoms with Crippen LogP contribution in [-0.2, 0) is 6.42 Å². The van der Waals surface area contributed by atoms with Crippen molar-refractivity contribution >= 4 is 17.3 Å². The first kappa shape index (κ1) is 21.0. The first-order chi connectivity index (χ1) is 15.3. The van der Waals surface area contributed by atoms with Gasteiger partial charge in [-0.3, -0.25) is 0 Å². The number of nitrogens with one attached hydrogen (secondary N) is 1. The molecule has 4 rings (SSSR count). The number of hydrogen-bond acceptors (Lipinski definition) is 2. The van der Waals surface area contributed by atoms with Crippen molar-refractivity contribution in [3.63, 3.8) is 0 Å². The van der Waals surface area contributed by atoms with E-state index in [1.807, 2.05) is 54.6 Å². The Labute approximate surface area is 189 Å². The van der Waals surface area contributed by atoms with E-state index in [0.29, 0.717) is 5.92 Å². The van der Waals surface area contributed by atoms with Crippen LogP contribution in [0.5, 0.6) is 11.5 Å². The normalized spacial score (nSPS) is 11.6. The Morgan fingerprint density at radius 3 is 2.10 bits per heavy atom. The van der Waals surface area contributed by atoms with E-state index < -0.39 is 0 Å². The minimum absolute atomic E-state index is 0.403. The van der Waals surface area contributed by atoms with E-state index >= 15 is 0 Å². The third-order valence-corrected chi connectivity index (χ3v) is 5.54. The second-order valence-corrected chi connectivity index (χ2v) is 8.03. The second kappa shape index (κ2) is 10.7. The van der Waals surface area contributed by atoms with E-state index in [9.17, 15) is 0 Å². The first-order valence-corrected chi connectivity index (χ1v) is 11.0. The molecule has 0 amide bonds. The van der Waals surface area contributed by atoms with Gasteiger partial charge in [-0.2, -0.15) is 0 Å². The summed E-state index contributed by atoms with van der Waals surface area (Å²) in [6.45, 7) is 0.875. The molecule has 1 N–H and O–H groups in total. The Morgan fingerprint density at radius 1 is 0.710 bits per heavy atom. The molecule has 0 heterocycles. The van der Waals surface area contributed by atoms with Crippen molar-refractivity contribution in [1.82, 2.24) is 0 Å². The van der Waals surface area contributed by atoms with Gasteiger partial charge in [-0.05, 0) is 72.4 Å². The minimum Gasteiger partial charge on any atom is -0.457 e. The lowest BCUT2D eigenvalue weighted by molar-refractivity contribution is 0.482. The Morgan fingerprint density at radius 2 is 1.39 bits per heavy atom. The van der Waals surface area contributed by atoms with E-state index in [1.54, 1.807) is 0 Å². The molecule has 0 aliphatic carbocycles. The highest BCUT2D eigenvalue weighted by Crippen LogP contribution is 2.28. The highest BCUT2D eigenvalue weighted by molar-refractivity contribution is 6.30. The zero-order chi connectivity index (χ0) is 21.3. The molecule has 0 saturated heterocycles. The summed E-state index contributed by atoms with van der Waals surface area (Å²) < 4.78 is 5.96. The van der Waals surface area contributed by atoms with Crippen molar-refractivity contribution < 1.29 is 4.74 Å². The molecular formula is C28H26ClNO. The zero-order valence-electron chi connectivity index (χ0n) is 17.4. The molecule has 1 unspecified atom stereocenters. The van der Waals surface area contributed by atoms with Crippen molar-refractivity contribution in [3.8, 4) is 11.5 Å². The van der Waals surface area contributed by atoms with Crippen LogP contribution in [0.3, 0.4) is 0 Å². The Kier molecular flexibility index (Phi) is 7.25. The highest BCUT2D eigenvalue weighted by atomic mass is 35.5. The van der Waals surface area contributed by atoms with Gasteiger partial charge in [-0.25, -0.2) is 0 Å². The van der Waals surface area contributed by atoms with Crippen LogP contribution >= 0.6 is 11.6 Å². The topological polar surface area (TPSA) is 21.3 Å². The third-order valence-electron chi connectivity index (χ3n) is 5.30. The number of anilines is 1. The van der Waals surface area contributed by atoms with Gasteiger partial charge in [0.25, 0.3) is 0 Å². The van der Waals surface area contributed by atoms with E-state index in [1.165, 1.54) is 11.1 Å². The molecular weight excluding hydrogens is 402 g/mol. The fourth-order valence-electron chi connectivity index (χ4n) is 3.71. The maximum absolute atomic E-state index is 6.11. The summed E-state index contributed by atoms with van der Waals surface area (Å²) >= 11 is 6.11. The van der Waals surface area contributed by atoms with Gasteiger partial charge in [-0.15, -0.1) is 0 Å². The summed E-state index contributed by atoms with van der Waals surface area (Å²) in [7, 11) is 0. The predicted molar refractivity (Wildman–Crippen MR) is 130 cm³/mol. The second-order valence-electron chi connectivity index (χ2n) is 7.60. The van der Waals surface area contributed by atoms with Crippen molar-refractivity contribution in [1.29, 1.82) is 0 Å². The van der Waals surface area contributed by atoms with Crippen molar-refractivity contribution in [2.45, 2.75) is 18.8 Å². The predicted octanol–water partition coefficient (Wildman–Crippen LogP) is 7.96.